The second-order valence-electron chi connectivity index (χ2n) is 9.59. The first-order chi connectivity index (χ1) is 17.3. The average Bonchev–Trinajstić information content (AvgIpc) is 3.20. The van der Waals surface area contributed by atoms with Crippen LogP contribution in [0.4, 0.5) is 22.0 Å². The number of nitrogens with zero attached hydrogens (tertiary/aromatic N) is 4. The van der Waals surface area contributed by atoms with Crippen molar-refractivity contribution in [1.29, 1.82) is 0 Å². The number of hydrogen-bond donors (Lipinski definition) is 4. The van der Waals surface area contributed by atoms with E-state index in [0.717, 1.165) is 25.7 Å². The number of aliphatic hydroxyl groups is 1. The van der Waals surface area contributed by atoms with Crippen LogP contribution in [0.3, 0.4) is 0 Å². The lowest BCUT2D eigenvalue weighted by Gasteiger charge is -2.29. The van der Waals surface area contributed by atoms with Crippen LogP contribution < -0.4 is 16.4 Å². The SMILES string of the molecule is NC(=O)[C@H]1CC[C@H](n2c(Nc3c(F)cc(Cl)cc3Cl)nc3cnc(N[C@@H]4CCCC[C@H]4O)nc32)CC1. The van der Waals surface area contributed by atoms with Gasteiger partial charge in [0, 0.05) is 17.0 Å². The highest BCUT2D eigenvalue weighted by molar-refractivity contribution is 6.36. The van der Waals surface area contributed by atoms with Crippen LogP contribution in [-0.2, 0) is 4.79 Å². The first kappa shape index (κ1) is 25.0. The number of amides is 1. The number of fused-ring (bicyclic) bond motifs is 1. The Hall–Kier alpha value is -2.69. The molecule has 0 aliphatic heterocycles. The molecular weight excluding hydrogens is 508 g/mol. The second-order valence-corrected chi connectivity index (χ2v) is 10.4. The Morgan fingerprint density at radius 2 is 1.86 bits per heavy atom. The fourth-order valence-corrected chi connectivity index (χ4v) is 5.75. The number of rotatable bonds is 6. The molecule has 2 fully saturated rings. The summed E-state index contributed by atoms with van der Waals surface area (Å²) in [6.45, 7) is 0. The quantitative estimate of drug-likeness (QED) is 0.351. The minimum atomic E-state index is -0.608. The molecule has 1 aromatic carbocycles. The Morgan fingerprint density at radius 3 is 2.56 bits per heavy atom. The number of anilines is 3. The third-order valence-corrected chi connectivity index (χ3v) is 7.70. The third-order valence-electron chi connectivity index (χ3n) is 7.18. The van der Waals surface area contributed by atoms with Crippen LogP contribution in [-0.4, -0.2) is 42.7 Å². The van der Waals surface area contributed by atoms with Gasteiger partial charge in [0.1, 0.15) is 11.3 Å². The molecule has 9 nitrogen and oxygen atoms in total. The van der Waals surface area contributed by atoms with Gasteiger partial charge in [0.25, 0.3) is 0 Å². The van der Waals surface area contributed by atoms with Gasteiger partial charge in [-0.25, -0.2) is 14.4 Å². The van der Waals surface area contributed by atoms with E-state index in [1.807, 2.05) is 4.57 Å². The Bertz CT molecular complexity index is 1260. The average molecular weight is 536 g/mol. The largest absolute Gasteiger partial charge is 0.391 e. The molecule has 0 spiro atoms. The summed E-state index contributed by atoms with van der Waals surface area (Å²) in [5, 5.41) is 17.0. The molecule has 2 aliphatic rings. The number of benzene rings is 1. The second kappa shape index (κ2) is 10.4. The Morgan fingerprint density at radius 1 is 1.11 bits per heavy atom. The van der Waals surface area contributed by atoms with Crippen LogP contribution in [0.15, 0.2) is 18.3 Å². The topological polar surface area (TPSA) is 131 Å². The number of nitrogens with two attached hydrogens (primary N) is 1. The van der Waals surface area contributed by atoms with Crippen LogP contribution in [0.2, 0.25) is 10.0 Å². The molecule has 2 heterocycles. The minimum Gasteiger partial charge on any atom is -0.391 e. The molecule has 192 valence electrons. The Balaban J connectivity index is 1.53. The van der Waals surface area contributed by atoms with Gasteiger partial charge < -0.3 is 21.5 Å². The van der Waals surface area contributed by atoms with Crippen LogP contribution in [0, 0.1) is 11.7 Å². The summed E-state index contributed by atoms with van der Waals surface area (Å²) in [5.74, 6) is -0.321. The van der Waals surface area contributed by atoms with Gasteiger partial charge in [0.15, 0.2) is 5.65 Å². The first-order valence-corrected chi connectivity index (χ1v) is 13.0. The van der Waals surface area contributed by atoms with Crippen LogP contribution in [0.5, 0.6) is 0 Å². The summed E-state index contributed by atoms with van der Waals surface area (Å²) in [5.41, 5.74) is 6.67. The summed E-state index contributed by atoms with van der Waals surface area (Å²) in [4.78, 5) is 25.5. The predicted octanol–water partition coefficient (Wildman–Crippen LogP) is 4.95. The normalized spacial score (nSPS) is 24.6. The van der Waals surface area contributed by atoms with Crippen molar-refractivity contribution in [3.8, 4) is 0 Å². The lowest BCUT2D eigenvalue weighted by Crippen LogP contribution is -2.36. The van der Waals surface area contributed by atoms with Crippen molar-refractivity contribution in [2.24, 2.45) is 11.7 Å². The molecule has 3 aromatic rings. The van der Waals surface area contributed by atoms with Crippen molar-refractivity contribution >= 4 is 57.9 Å². The molecule has 2 aliphatic carbocycles. The maximum Gasteiger partial charge on any atom is 0.225 e. The molecule has 5 N–H and O–H groups in total. The van der Waals surface area contributed by atoms with E-state index < -0.39 is 11.9 Å². The van der Waals surface area contributed by atoms with Crippen molar-refractivity contribution in [3.05, 3.63) is 34.2 Å². The summed E-state index contributed by atoms with van der Waals surface area (Å²) in [6.07, 6.45) is 7.38. The third kappa shape index (κ3) is 5.07. The number of carbonyl (C=O) groups is 1. The monoisotopic (exact) mass is 535 g/mol. The molecule has 5 rings (SSSR count). The van der Waals surface area contributed by atoms with Gasteiger partial charge in [-0.1, -0.05) is 36.0 Å². The lowest BCUT2D eigenvalue weighted by molar-refractivity contribution is -0.122. The van der Waals surface area contributed by atoms with Crippen molar-refractivity contribution in [1.82, 2.24) is 19.5 Å². The van der Waals surface area contributed by atoms with Crippen LogP contribution in [0.1, 0.15) is 57.4 Å². The molecule has 2 aromatic heterocycles. The zero-order valence-electron chi connectivity index (χ0n) is 19.6. The number of primary amides is 1. The maximum atomic E-state index is 14.7. The number of halogens is 3. The van der Waals surface area contributed by atoms with E-state index in [0.29, 0.717) is 48.7 Å². The lowest BCUT2D eigenvalue weighted by atomic mass is 9.85. The smallest absolute Gasteiger partial charge is 0.225 e. The molecule has 2 atom stereocenters. The van der Waals surface area contributed by atoms with Gasteiger partial charge in [-0.2, -0.15) is 4.98 Å². The predicted molar refractivity (Wildman–Crippen MR) is 137 cm³/mol. The number of imidazole rings is 1. The van der Waals surface area contributed by atoms with Gasteiger partial charge in [0.2, 0.25) is 17.8 Å². The number of aromatic nitrogens is 4. The summed E-state index contributed by atoms with van der Waals surface area (Å²) < 4.78 is 16.7. The highest BCUT2D eigenvalue weighted by Crippen LogP contribution is 2.38. The first-order valence-electron chi connectivity index (χ1n) is 12.2. The van der Waals surface area contributed by atoms with Gasteiger partial charge in [-0.05, 0) is 50.7 Å². The summed E-state index contributed by atoms with van der Waals surface area (Å²) in [7, 11) is 0. The molecule has 12 heteroatoms. The minimum absolute atomic E-state index is 0.0507. The molecule has 36 heavy (non-hydrogen) atoms. The van der Waals surface area contributed by atoms with E-state index in [1.165, 1.54) is 12.1 Å². The molecular formula is C24H28Cl2FN7O2. The zero-order chi connectivity index (χ0) is 25.4. The van der Waals surface area contributed by atoms with E-state index in [1.54, 1.807) is 6.20 Å². The van der Waals surface area contributed by atoms with E-state index in [-0.39, 0.29) is 39.6 Å². The zero-order valence-corrected chi connectivity index (χ0v) is 21.1. The Labute approximate surface area is 217 Å². The fraction of sp³-hybridized carbons (Fsp3) is 0.500. The highest BCUT2D eigenvalue weighted by atomic mass is 35.5. The van der Waals surface area contributed by atoms with Crippen molar-refractivity contribution in [2.75, 3.05) is 10.6 Å². The number of nitrogens with one attached hydrogen (secondary N) is 2. The van der Waals surface area contributed by atoms with E-state index in [9.17, 15) is 14.3 Å². The van der Waals surface area contributed by atoms with Gasteiger partial charge in [-0.3, -0.25) is 9.36 Å². The number of carbonyl (C=O) groups excluding carboxylic acids is 1. The number of hydrogen-bond acceptors (Lipinski definition) is 7. The molecule has 0 bridgehead atoms. The van der Waals surface area contributed by atoms with Crippen molar-refractivity contribution in [2.45, 2.75) is 69.6 Å². The van der Waals surface area contributed by atoms with Crippen molar-refractivity contribution < 1.29 is 14.3 Å². The number of aliphatic hydroxyl groups excluding tert-OH is 1. The fourth-order valence-electron chi connectivity index (χ4n) is 5.23. The van der Waals surface area contributed by atoms with Gasteiger partial charge in [0.05, 0.1) is 29.1 Å². The van der Waals surface area contributed by atoms with Crippen LogP contribution in [0.25, 0.3) is 11.2 Å². The molecule has 0 unspecified atom stereocenters. The van der Waals surface area contributed by atoms with E-state index in [2.05, 4.69) is 20.6 Å². The van der Waals surface area contributed by atoms with E-state index in [4.69, 9.17) is 33.9 Å². The van der Waals surface area contributed by atoms with Crippen molar-refractivity contribution in [3.63, 3.8) is 0 Å². The van der Waals surface area contributed by atoms with Gasteiger partial charge >= 0.3 is 0 Å². The summed E-state index contributed by atoms with van der Waals surface area (Å²) in [6, 6.07) is 2.46. The van der Waals surface area contributed by atoms with Crippen LogP contribution >= 0.6 is 23.2 Å². The highest BCUT2D eigenvalue weighted by Gasteiger charge is 2.30. The maximum absolute atomic E-state index is 14.7. The molecule has 0 saturated heterocycles. The Kier molecular flexibility index (Phi) is 7.18. The molecule has 0 radical (unpaired) electrons. The molecule has 1 amide bonds. The molecule has 2 saturated carbocycles. The van der Waals surface area contributed by atoms with Gasteiger partial charge in [-0.15, -0.1) is 0 Å². The van der Waals surface area contributed by atoms with E-state index >= 15 is 0 Å². The summed E-state index contributed by atoms with van der Waals surface area (Å²) >= 11 is 12.2. The standard InChI is InChI=1S/C24H28Cl2FN7O2/c25-13-9-15(26)20(16(27)10-13)32-24-31-18-11-29-23(30-17-3-1-2-4-19(17)35)33-22(18)34(24)14-7-5-12(6-8-14)21(28)36/h9-12,14,17,19,35H,1-8H2,(H2,28,36)(H,31,32)(H,29,30,33)/t12-,14-,17-,19-/m1/s1.